The average molecular weight is 294 g/mol. The van der Waals surface area contributed by atoms with Gasteiger partial charge in [-0.3, -0.25) is 9.00 Å². The normalized spacial score (nSPS) is 11.9. The second-order valence-electron chi connectivity index (χ2n) is 3.95. The van der Waals surface area contributed by atoms with Crippen molar-refractivity contribution in [3.8, 4) is 0 Å². The van der Waals surface area contributed by atoms with E-state index in [1.54, 1.807) is 54.8 Å². The fourth-order valence-electron chi connectivity index (χ4n) is 1.59. The predicted octanol–water partition coefficient (Wildman–Crippen LogP) is 3.33. The van der Waals surface area contributed by atoms with Crippen LogP contribution in [0.15, 0.2) is 53.4 Å². The van der Waals surface area contributed by atoms with Crippen molar-refractivity contribution in [3.63, 3.8) is 0 Å². The van der Waals surface area contributed by atoms with Crippen molar-refractivity contribution in [1.29, 1.82) is 0 Å². The maximum atomic E-state index is 12.0. The average Bonchev–Trinajstić information content (AvgIpc) is 2.39. The smallest absolute Gasteiger partial charge is 0.255 e. The topological polar surface area (TPSA) is 46.2 Å². The van der Waals surface area contributed by atoms with Crippen molar-refractivity contribution < 1.29 is 9.00 Å². The number of amides is 1. The van der Waals surface area contributed by atoms with E-state index in [1.165, 1.54) is 0 Å². The quantitative estimate of drug-likeness (QED) is 0.943. The van der Waals surface area contributed by atoms with Crippen LogP contribution in [0.1, 0.15) is 10.4 Å². The van der Waals surface area contributed by atoms with Crippen LogP contribution < -0.4 is 5.32 Å². The molecule has 1 unspecified atom stereocenters. The van der Waals surface area contributed by atoms with Gasteiger partial charge in [0.25, 0.3) is 5.91 Å². The molecule has 0 bridgehead atoms. The number of hydrogen-bond acceptors (Lipinski definition) is 2. The highest BCUT2D eigenvalue weighted by atomic mass is 35.5. The summed E-state index contributed by atoms with van der Waals surface area (Å²) < 4.78 is 11.4. The molecule has 1 amide bonds. The Hall–Kier alpha value is -1.65. The predicted molar refractivity (Wildman–Crippen MR) is 78.2 cm³/mol. The maximum Gasteiger partial charge on any atom is 0.255 e. The molecule has 0 aromatic heterocycles. The summed E-state index contributed by atoms with van der Waals surface area (Å²) in [5.74, 6) is -0.249. The Morgan fingerprint density at radius 3 is 2.58 bits per heavy atom. The number of nitrogens with one attached hydrogen (secondary N) is 1. The van der Waals surface area contributed by atoms with Crippen LogP contribution in [0.4, 0.5) is 5.69 Å². The summed E-state index contributed by atoms with van der Waals surface area (Å²) >= 11 is 5.84. The summed E-state index contributed by atoms with van der Waals surface area (Å²) in [6.07, 6.45) is 1.60. The number of carbonyl (C=O) groups excluding carboxylic acids is 1. The Bertz CT molecular complexity index is 643. The van der Waals surface area contributed by atoms with Crippen LogP contribution in [0.25, 0.3) is 0 Å². The molecule has 0 aliphatic heterocycles. The van der Waals surface area contributed by atoms with Gasteiger partial charge in [-0.05, 0) is 36.4 Å². The minimum atomic E-state index is -1.07. The van der Waals surface area contributed by atoms with Gasteiger partial charge in [0.05, 0.1) is 0 Å². The molecule has 0 spiro atoms. The number of hydrogen-bond donors (Lipinski definition) is 1. The van der Waals surface area contributed by atoms with E-state index in [1.807, 2.05) is 0 Å². The van der Waals surface area contributed by atoms with Gasteiger partial charge in [-0.25, -0.2) is 0 Å². The SMILES string of the molecule is CS(=O)c1cccc(NC(=O)c2cccc(Cl)c2)c1. The Morgan fingerprint density at radius 2 is 1.89 bits per heavy atom. The van der Waals surface area contributed by atoms with Gasteiger partial charge >= 0.3 is 0 Å². The Balaban J connectivity index is 2.19. The van der Waals surface area contributed by atoms with Crippen molar-refractivity contribution in [1.82, 2.24) is 0 Å². The molecule has 2 aromatic carbocycles. The van der Waals surface area contributed by atoms with E-state index in [9.17, 15) is 9.00 Å². The van der Waals surface area contributed by atoms with Crippen LogP contribution in [-0.2, 0) is 10.8 Å². The Kier molecular flexibility index (Phi) is 4.35. The van der Waals surface area contributed by atoms with E-state index in [0.29, 0.717) is 21.2 Å². The van der Waals surface area contributed by atoms with Crippen LogP contribution in [0.3, 0.4) is 0 Å². The summed E-state index contributed by atoms with van der Waals surface area (Å²) in [4.78, 5) is 12.7. The molecule has 0 saturated carbocycles. The van der Waals surface area contributed by atoms with Crippen LogP contribution in [0.5, 0.6) is 0 Å². The first-order chi connectivity index (χ1) is 9.06. The molecular weight excluding hydrogens is 282 g/mol. The minimum absolute atomic E-state index is 0.249. The van der Waals surface area contributed by atoms with Crippen LogP contribution in [0.2, 0.25) is 5.02 Å². The highest BCUT2D eigenvalue weighted by molar-refractivity contribution is 7.84. The third kappa shape index (κ3) is 3.66. The molecule has 2 aromatic rings. The first kappa shape index (κ1) is 13.8. The van der Waals surface area contributed by atoms with E-state index in [0.717, 1.165) is 0 Å². The third-order valence-corrected chi connectivity index (χ3v) is 3.66. The first-order valence-electron chi connectivity index (χ1n) is 5.56. The molecule has 5 heteroatoms. The summed E-state index contributed by atoms with van der Waals surface area (Å²) in [6.45, 7) is 0. The van der Waals surface area contributed by atoms with Gasteiger partial charge < -0.3 is 5.32 Å². The van der Waals surface area contributed by atoms with Gasteiger partial charge in [0.2, 0.25) is 0 Å². The van der Waals surface area contributed by atoms with Gasteiger partial charge in [-0.2, -0.15) is 0 Å². The molecule has 0 fully saturated rings. The molecule has 0 radical (unpaired) electrons. The van der Waals surface area contributed by atoms with E-state index < -0.39 is 10.8 Å². The molecule has 19 heavy (non-hydrogen) atoms. The van der Waals surface area contributed by atoms with Crippen molar-refractivity contribution in [2.75, 3.05) is 11.6 Å². The largest absolute Gasteiger partial charge is 0.322 e. The molecule has 0 saturated heterocycles. The first-order valence-corrected chi connectivity index (χ1v) is 7.50. The molecule has 2 rings (SSSR count). The number of carbonyl (C=O) groups is 1. The number of anilines is 1. The van der Waals surface area contributed by atoms with Crippen molar-refractivity contribution >= 4 is 34.0 Å². The van der Waals surface area contributed by atoms with E-state index >= 15 is 0 Å². The number of rotatable bonds is 3. The Labute approximate surface area is 119 Å². The lowest BCUT2D eigenvalue weighted by Crippen LogP contribution is -2.11. The zero-order chi connectivity index (χ0) is 13.8. The molecule has 1 N–H and O–H groups in total. The van der Waals surface area contributed by atoms with Crippen molar-refractivity contribution in [2.45, 2.75) is 4.90 Å². The second-order valence-corrected chi connectivity index (χ2v) is 5.76. The standard InChI is InChI=1S/C14H12ClNO2S/c1-19(18)13-7-3-6-12(9-13)16-14(17)10-4-2-5-11(15)8-10/h2-9H,1H3,(H,16,17). The monoisotopic (exact) mass is 293 g/mol. The zero-order valence-electron chi connectivity index (χ0n) is 10.2. The summed E-state index contributed by atoms with van der Waals surface area (Å²) in [5, 5.41) is 3.26. The third-order valence-electron chi connectivity index (χ3n) is 2.51. The van der Waals surface area contributed by atoms with Crippen molar-refractivity contribution in [2.24, 2.45) is 0 Å². The van der Waals surface area contributed by atoms with E-state index in [2.05, 4.69) is 5.32 Å². The molecular formula is C14H12ClNO2S. The summed E-state index contributed by atoms with van der Waals surface area (Å²) in [5.41, 5.74) is 1.09. The maximum absolute atomic E-state index is 12.0. The lowest BCUT2D eigenvalue weighted by molar-refractivity contribution is 0.102. The zero-order valence-corrected chi connectivity index (χ0v) is 11.8. The second kappa shape index (κ2) is 5.99. The van der Waals surface area contributed by atoms with Crippen LogP contribution >= 0.6 is 11.6 Å². The van der Waals surface area contributed by atoms with Gasteiger partial charge in [0.15, 0.2) is 0 Å². The number of benzene rings is 2. The van der Waals surface area contributed by atoms with E-state index in [4.69, 9.17) is 11.6 Å². The van der Waals surface area contributed by atoms with Crippen LogP contribution in [-0.4, -0.2) is 16.4 Å². The van der Waals surface area contributed by atoms with Gasteiger partial charge in [0.1, 0.15) is 0 Å². The molecule has 1 atom stereocenters. The Morgan fingerprint density at radius 1 is 1.16 bits per heavy atom. The molecule has 98 valence electrons. The highest BCUT2D eigenvalue weighted by Crippen LogP contribution is 2.16. The lowest BCUT2D eigenvalue weighted by atomic mass is 10.2. The van der Waals surface area contributed by atoms with Crippen molar-refractivity contribution in [3.05, 3.63) is 59.1 Å². The van der Waals surface area contributed by atoms with Gasteiger partial charge in [-0.15, -0.1) is 0 Å². The lowest BCUT2D eigenvalue weighted by Gasteiger charge is -2.06. The van der Waals surface area contributed by atoms with E-state index in [-0.39, 0.29) is 5.91 Å². The number of halogens is 1. The molecule has 0 aliphatic rings. The minimum Gasteiger partial charge on any atom is -0.322 e. The van der Waals surface area contributed by atoms with Crippen LogP contribution in [0, 0.1) is 0 Å². The van der Waals surface area contributed by atoms with Gasteiger partial charge in [-0.1, -0.05) is 23.7 Å². The molecule has 0 aliphatic carbocycles. The highest BCUT2D eigenvalue weighted by Gasteiger charge is 2.07. The fraction of sp³-hybridized carbons (Fsp3) is 0.0714. The fourth-order valence-corrected chi connectivity index (χ4v) is 2.34. The summed E-state index contributed by atoms with van der Waals surface area (Å²) in [7, 11) is -1.07. The van der Waals surface area contributed by atoms with Gasteiger partial charge in [0, 0.05) is 38.2 Å². The summed E-state index contributed by atoms with van der Waals surface area (Å²) in [6, 6.07) is 13.7. The molecule has 3 nitrogen and oxygen atoms in total. The molecule has 0 heterocycles.